The number of ketones is 1. The van der Waals surface area contributed by atoms with E-state index in [9.17, 15) is 9.70 Å². The van der Waals surface area contributed by atoms with Crippen molar-refractivity contribution in [1.29, 1.82) is 0 Å². The monoisotopic (exact) mass is 343 g/mol. The maximum absolute atomic E-state index is 11.8. The molecule has 7 atom stereocenters. The van der Waals surface area contributed by atoms with E-state index in [0.717, 1.165) is 12.8 Å². The highest BCUT2D eigenvalue weighted by molar-refractivity contribution is 6.01. The number of nitrogens with zero attached hydrogens (tertiary/aromatic N) is 1. The highest BCUT2D eigenvalue weighted by Crippen LogP contribution is 2.66. The lowest BCUT2D eigenvalue weighted by molar-refractivity contribution is -0.111. The summed E-state index contributed by atoms with van der Waals surface area (Å²) in [5, 5.41) is 2.70. The van der Waals surface area contributed by atoms with Gasteiger partial charge in [-0.2, -0.15) is 0 Å². The van der Waals surface area contributed by atoms with Gasteiger partial charge in [0, 0.05) is 11.3 Å². The molecule has 0 aromatic heterocycles. The van der Waals surface area contributed by atoms with Gasteiger partial charge in [0.15, 0.2) is 11.1 Å². The van der Waals surface area contributed by atoms with Crippen LogP contribution in [0.5, 0.6) is 0 Å². The molecule has 4 nitrogen and oxygen atoms in total. The number of carbonyl (C=O) groups excluding carboxylic acids is 1. The zero-order valence-electron chi connectivity index (χ0n) is 15.5. The molecule has 0 aromatic rings. The lowest BCUT2D eigenvalue weighted by atomic mass is 9.47. The van der Waals surface area contributed by atoms with Crippen molar-refractivity contribution in [1.82, 2.24) is 0 Å². The molecule has 4 rings (SSSR count). The molecule has 0 aliphatic heterocycles. The predicted octanol–water partition coefficient (Wildman–Crippen LogP) is 5.00. The van der Waals surface area contributed by atoms with Crippen LogP contribution in [0.3, 0.4) is 0 Å². The number of hydrogen-bond donors (Lipinski definition) is 0. The molecule has 0 radical (unpaired) electrons. The summed E-state index contributed by atoms with van der Waals surface area (Å²) in [5.74, 6) is 2.61. The van der Waals surface area contributed by atoms with Gasteiger partial charge in [0.25, 0.3) is 0 Å². The first-order valence-electron chi connectivity index (χ1n) is 9.83. The van der Waals surface area contributed by atoms with Crippen LogP contribution in [0.15, 0.2) is 29.1 Å². The molecule has 0 aromatic carbocycles. The third-order valence-electron chi connectivity index (χ3n) is 8.41. The van der Waals surface area contributed by atoms with Crippen LogP contribution >= 0.6 is 0 Å². The average Bonchev–Trinajstić information content (AvgIpc) is 2.93. The maximum Gasteiger partial charge on any atom is 0.178 e. The van der Waals surface area contributed by atoms with Gasteiger partial charge in [-0.1, -0.05) is 25.5 Å². The van der Waals surface area contributed by atoms with E-state index in [2.05, 4.69) is 25.3 Å². The average molecular weight is 343 g/mol. The SMILES string of the molecule is C[C@H](ON=O)[C@H]1CC[C@H]2[C@@H]3CCC4=CC(=O)C=C[C@]4(C)[C@H]3CC[C@]12C. The summed E-state index contributed by atoms with van der Waals surface area (Å²) in [6.45, 7) is 6.77. The largest absolute Gasteiger partial charge is 0.361 e. The first kappa shape index (κ1) is 17.0. The van der Waals surface area contributed by atoms with Crippen molar-refractivity contribution < 1.29 is 9.63 Å². The summed E-state index contributed by atoms with van der Waals surface area (Å²) in [6, 6.07) is 0. The summed E-state index contributed by atoms with van der Waals surface area (Å²) in [4.78, 5) is 27.5. The van der Waals surface area contributed by atoms with Gasteiger partial charge in [-0.05, 0) is 80.8 Å². The van der Waals surface area contributed by atoms with Gasteiger partial charge in [-0.25, -0.2) is 0 Å². The zero-order valence-corrected chi connectivity index (χ0v) is 15.5. The molecule has 4 heteroatoms. The molecule has 0 bridgehead atoms. The molecule has 0 amide bonds. The fourth-order valence-corrected chi connectivity index (χ4v) is 7.15. The van der Waals surface area contributed by atoms with Gasteiger partial charge >= 0.3 is 0 Å². The molecule has 0 spiro atoms. The topological polar surface area (TPSA) is 55.7 Å². The Kier molecular flexibility index (Phi) is 3.93. The molecule has 136 valence electrons. The van der Waals surface area contributed by atoms with Crippen LogP contribution < -0.4 is 0 Å². The van der Waals surface area contributed by atoms with Crippen molar-refractivity contribution in [2.24, 2.45) is 39.8 Å². The van der Waals surface area contributed by atoms with E-state index >= 15 is 0 Å². The van der Waals surface area contributed by atoms with E-state index in [1.807, 2.05) is 13.0 Å². The molecular weight excluding hydrogens is 314 g/mol. The Morgan fingerprint density at radius 1 is 1.20 bits per heavy atom. The minimum Gasteiger partial charge on any atom is -0.361 e. The van der Waals surface area contributed by atoms with Gasteiger partial charge < -0.3 is 4.84 Å². The lowest BCUT2D eigenvalue weighted by Gasteiger charge is -2.57. The van der Waals surface area contributed by atoms with Crippen LogP contribution in [0.2, 0.25) is 0 Å². The standard InChI is InChI=1S/C21H29NO3/c1-13(25-22-24)17-6-7-18-16-5-4-14-12-15(23)8-10-20(14,2)19(16)9-11-21(17,18)3/h8,10,12-13,16-19H,4-7,9,11H2,1-3H3/t13-,16-,17+,18-,19-,20-,21+/m0/s1. The Labute approximate surface area is 150 Å². The Balaban J connectivity index is 1.62. The fraction of sp³-hybridized carbons (Fsp3) is 0.762. The number of carbonyl (C=O) groups is 1. The van der Waals surface area contributed by atoms with Crippen LogP contribution in [0, 0.1) is 39.4 Å². The van der Waals surface area contributed by atoms with Gasteiger partial charge in [-0.15, -0.1) is 4.91 Å². The molecule has 0 heterocycles. The van der Waals surface area contributed by atoms with Crippen molar-refractivity contribution >= 4 is 5.78 Å². The zero-order chi connectivity index (χ0) is 17.8. The number of hydrogen-bond acceptors (Lipinski definition) is 4. The highest BCUT2D eigenvalue weighted by atomic mass is 16.7. The van der Waals surface area contributed by atoms with Crippen molar-refractivity contribution in [3.63, 3.8) is 0 Å². The normalized spacial score (nSPS) is 46.5. The second kappa shape index (κ2) is 5.78. The Morgan fingerprint density at radius 3 is 2.76 bits per heavy atom. The lowest BCUT2D eigenvalue weighted by Crippen LogP contribution is -2.50. The van der Waals surface area contributed by atoms with Gasteiger partial charge in [0.1, 0.15) is 6.10 Å². The molecule has 25 heavy (non-hydrogen) atoms. The summed E-state index contributed by atoms with van der Waals surface area (Å²) < 4.78 is 0. The second-order valence-electron chi connectivity index (χ2n) is 9.22. The van der Waals surface area contributed by atoms with Crippen molar-refractivity contribution in [2.75, 3.05) is 0 Å². The molecular formula is C21H29NO3. The number of fused-ring (bicyclic) bond motifs is 5. The van der Waals surface area contributed by atoms with Gasteiger partial charge in [-0.3, -0.25) is 4.79 Å². The summed E-state index contributed by atoms with van der Waals surface area (Å²) >= 11 is 0. The minimum atomic E-state index is -0.0918. The maximum atomic E-state index is 11.8. The Hall–Kier alpha value is -1.45. The van der Waals surface area contributed by atoms with Crippen molar-refractivity contribution in [3.8, 4) is 0 Å². The third-order valence-corrected chi connectivity index (χ3v) is 8.41. The first-order chi connectivity index (χ1) is 11.9. The summed E-state index contributed by atoms with van der Waals surface area (Å²) in [5.41, 5.74) is 1.65. The first-order valence-corrected chi connectivity index (χ1v) is 9.83. The number of allylic oxidation sites excluding steroid dienone is 4. The Bertz CT molecular complexity index is 654. The molecule has 0 saturated heterocycles. The number of rotatable bonds is 3. The van der Waals surface area contributed by atoms with Crippen LogP contribution in [-0.2, 0) is 9.63 Å². The van der Waals surface area contributed by atoms with Crippen LogP contribution in [0.1, 0.15) is 59.3 Å². The summed E-state index contributed by atoms with van der Waals surface area (Å²) in [7, 11) is 0. The van der Waals surface area contributed by atoms with Crippen LogP contribution in [0.25, 0.3) is 0 Å². The fourth-order valence-electron chi connectivity index (χ4n) is 7.15. The van der Waals surface area contributed by atoms with Crippen molar-refractivity contribution in [2.45, 2.75) is 65.4 Å². The molecule has 4 aliphatic rings. The summed E-state index contributed by atoms with van der Waals surface area (Å²) in [6.07, 6.45) is 12.8. The minimum absolute atomic E-state index is 0.0582. The van der Waals surface area contributed by atoms with E-state index in [0.29, 0.717) is 23.7 Å². The van der Waals surface area contributed by atoms with Crippen molar-refractivity contribution in [3.05, 3.63) is 28.7 Å². The predicted molar refractivity (Wildman–Crippen MR) is 96.4 cm³/mol. The highest BCUT2D eigenvalue weighted by Gasteiger charge is 2.59. The quantitative estimate of drug-likeness (QED) is 0.535. The van der Waals surface area contributed by atoms with Gasteiger partial charge in [0.2, 0.25) is 0 Å². The van der Waals surface area contributed by atoms with E-state index < -0.39 is 0 Å². The van der Waals surface area contributed by atoms with Crippen LogP contribution in [-0.4, -0.2) is 11.9 Å². The molecule has 0 N–H and O–H groups in total. The van der Waals surface area contributed by atoms with Crippen LogP contribution in [0.4, 0.5) is 0 Å². The third kappa shape index (κ3) is 2.36. The Morgan fingerprint density at radius 2 is 2.00 bits per heavy atom. The van der Waals surface area contributed by atoms with E-state index in [1.165, 1.54) is 31.3 Å². The second-order valence-corrected chi connectivity index (χ2v) is 9.22. The smallest absolute Gasteiger partial charge is 0.178 e. The van der Waals surface area contributed by atoms with Gasteiger partial charge in [0.05, 0.1) is 0 Å². The molecule has 3 fully saturated rings. The molecule has 4 aliphatic carbocycles. The van der Waals surface area contributed by atoms with E-state index in [-0.39, 0.29) is 22.7 Å². The van der Waals surface area contributed by atoms with E-state index in [4.69, 9.17) is 4.84 Å². The molecule has 3 saturated carbocycles. The van der Waals surface area contributed by atoms with E-state index in [1.54, 1.807) is 6.08 Å². The molecule has 0 unspecified atom stereocenters.